The maximum atomic E-state index is 3.54. The molecule has 0 aromatic carbocycles. The normalized spacial score (nSPS) is 22.5. The van der Waals surface area contributed by atoms with E-state index in [-0.39, 0.29) is 0 Å². The predicted octanol–water partition coefficient (Wildman–Crippen LogP) is 1.81. The smallest absolute Gasteiger partial charge is 0.0252 e. The molecule has 14 heavy (non-hydrogen) atoms. The molecule has 0 saturated carbocycles. The zero-order chi connectivity index (χ0) is 10.4. The third-order valence-electron chi connectivity index (χ3n) is 2.62. The Morgan fingerprint density at radius 1 is 1.43 bits per heavy atom. The van der Waals surface area contributed by atoms with Gasteiger partial charge in [-0.2, -0.15) is 11.8 Å². The molecule has 0 bridgehead atoms. The lowest BCUT2D eigenvalue weighted by molar-refractivity contribution is 0.155. The van der Waals surface area contributed by atoms with E-state index < -0.39 is 0 Å². The van der Waals surface area contributed by atoms with Crippen LogP contribution < -0.4 is 5.32 Å². The minimum absolute atomic E-state index is 0.316. The van der Waals surface area contributed by atoms with Gasteiger partial charge >= 0.3 is 0 Å². The van der Waals surface area contributed by atoms with Crippen molar-refractivity contribution in [3.05, 3.63) is 0 Å². The van der Waals surface area contributed by atoms with Crippen molar-refractivity contribution < 1.29 is 0 Å². The molecule has 1 aliphatic rings. The molecule has 1 saturated heterocycles. The summed E-state index contributed by atoms with van der Waals surface area (Å²) in [4.78, 5) is 2.59. The number of rotatable bonds is 5. The highest BCUT2D eigenvalue weighted by molar-refractivity contribution is 7.99. The van der Waals surface area contributed by atoms with Gasteiger partial charge in [0.1, 0.15) is 0 Å². The first-order chi connectivity index (χ1) is 6.64. The van der Waals surface area contributed by atoms with Crippen LogP contribution in [0.4, 0.5) is 0 Å². The van der Waals surface area contributed by atoms with Crippen molar-refractivity contribution >= 4 is 11.8 Å². The molecule has 84 valence electrons. The Morgan fingerprint density at radius 3 is 2.86 bits per heavy atom. The second-order valence-electron chi connectivity index (χ2n) is 4.64. The van der Waals surface area contributed by atoms with E-state index in [1.54, 1.807) is 0 Å². The average molecular weight is 216 g/mol. The van der Waals surface area contributed by atoms with Crippen LogP contribution in [-0.2, 0) is 0 Å². The zero-order valence-corrected chi connectivity index (χ0v) is 10.6. The van der Waals surface area contributed by atoms with Crippen LogP contribution in [0.15, 0.2) is 0 Å². The molecule has 1 heterocycles. The van der Waals surface area contributed by atoms with E-state index in [4.69, 9.17) is 0 Å². The van der Waals surface area contributed by atoms with Crippen molar-refractivity contribution in [1.29, 1.82) is 0 Å². The predicted molar refractivity (Wildman–Crippen MR) is 66.1 cm³/mol. The van der Waals surface area contributed by atoms with E-state index >= 15 is 0 Å². The van der Waals surface area contributed by atoms with E-state index in [0.717, 1.165) is 6.54 Å². The second-order valence-corrected chi connectivity index (χ2v) is 6.03. The van der Waals surface area contributed by atoms with Crippen LogP contribution in [0, 0.1) is 0 Å². The summed E-state index contributed by atoms with van der Waals surface area (Å²) in [6.07, 6.45) is 1.34. The van der Waals surface area contributed by atoms with Crippen molar-refractivity contribution in [3.63, 3.8) is 0 Å². The van der Waals surface area contributed by atoms with Gasteiger partial charge in [0.25, 0.3) is 0 Å². The molecule has 0 radical (unpaired) electrons. The first-order valence-corrected chi connectivity index (χ1v) is 6.84. The highest BCUT2D eigenvalue weighted by atomic mass is 32.2. The molecule has 1 fully saturated rings. The molecule has 0 aromatic rings. The maximum Gasteiger partial charge on any atom is 0.0252 e. The zero-order valence-electron chi connectivity index (χ0n) is 9.81. The molecule has 2 nitrogen and oxygen atoms in total. The van der Waals surface area contributed by atoms with E-state index in [1.165, 1.54) is 37.6 Å². The first-order valence-electron chi connectivity index (χ1n) is 5.69. The van der Waals surface area contributed by atoms with E-state index in [0.29, 0.717) is 5.54 Å². The van der Waals surface area contributed by atoms with E-state index in [1.807, 2.05) is 0 Å². The van der Waals surface area contributed by atoms with Crippen molar-refractivity contribution in [2.45, 2.75) is 32.7 Å². The lowest BCUT2D eigenvalue weighted by atomic mass is 10.0. The lowest BCUT2D eigenvalue weighted by Gasteiger charge is -2.39. The minimum Gasteiger partial charge on any atom is -0.309 e. The van der Waals surface area contributed by atoms with Gasteiger partial charge in [0.15, 0.2) is 0 Å². The number of thioether (sulfide) groups is 1. The summed E-state index contributed by atoms with van der Waals surface area (Å²) in [5, 5.41) is 3.54. The Hall–Kier alpha value is 0.270. The fourth-order valence-electron chi connectivity index (χ4n) is 1.97. The van der Waals surface area contributed by atoms with Crippen molar-refractivity contribution in [1.82, 2.24) is 10.2 Å². The molecule has 1 N–H and O–H groups in total. The Morgan fingerprint density at radius 2 is 2.21 bits per heavy atom. The molecule has 3 heteroatoms. The molecule has 0 spiro atoms. The van der Waals surface area contributed by atoms with Gasteiger partial charge in [-0.25, -0.2) is 0 Å². The summed E-state index contributed by atoms with van der Waals surface area (Å²) in [6.45, 7) is 11.7. The standard InChI is InChI=1S/C11H24N2S/c1-4-14-9-5-7-13-8-6-12-11(2,3)10-13/h12H,4-10H2,1-3H3. The van der Waals surface area contributed by atoms with Crippen LogP contribution in [0.25, 0.3) is 0 Å². The van der Waals surface area contributed by atoms with Gasteiger partial charge in [-0.3, -0.25) is 0 Å². The molecular formula is C11H24N2S. The Balaban J connectivity index is 2.12. The van der Waals surface area contributed by atoms with Crippen molar-refractivity contribution in [2.75, 3.05) is 37.7 Å². The van der Waals surface area contributed by atoms with Gasteiger partial charge in [-0.05, 0) is 38.3 Å². The summed E-state index contributed by atoms with van der Waals surface area (Å²) in [5.41, 5.74) is 0.316. The molecule has 1 rings (SSSR count). The fraction of sp³-hybridized carbons (Fsp3) is 1.00. The summed E-state index contributed by atoms with van der Waals surface area (Å²) in [6, 6.07) is 0. The Kier molecular flexibility index (Phi) is 5.28. The molecule has 0 atom stereocenters. The highest BCUT2D eigenvalue weighted by Crippen LogP contribution is 2.11. The van der Waals surface area contributed by atoms with Crippen LogP contribution in [-0.4, -0.2) is 48.1 Å². The summed E-state index contributed by atoms with van der Waals surface area (Å²) >= 11 is 2.05. The number of piperazine rings is 1. The topological polar surface area (TPSA) is 15.3 Å². The van der Waals surface area contributed by atoms with Crippen LogP contribution in [0.3, 0.4) is 0 Å². The molecular weight excluding hydrogens is 192 g/mol. The molecule has 0 aromatic heterocycles. The molecule has 1 aliphatic heterocycles. The van der Waals surface area contributed by atoms with Gasteiger partial charge in [-0.15, -0.1) is 0 Å². The van der Waals surface area contributed by atoms with Crippen LogP contribution >= 0.6 is 11.8 Å². The highest BCUT2D eigenvalue weighted by Gasteiger charge is 2.24. The van der Waals surface area contributed by atoms with Gasteiger partial charge in [0.05, 0.1) is 0 Å². The van der Waals surface area contributed by atoms with Gasteiger partial charge in [-0.1, -0.05) is 6.92 Å². The number of hydrogen-bond acceptors (Lipinski definition) is 3. The number of nitrogens with one attached hydrogen (secondary N) is 1. The second kappa shape index (κ2) is 5.99. The largest absolute Gasteiger partial charge is 0.309 e. The SMILES string of the molecule is CCSCCCN1CCNC(C)(C)C1. The van der Waals surface area contributed by atoms with Gasteiger partial charge in [0.2, 0.25) is 0 Å². The molecule has 0 unspecified atom stereocenters. The van der Waals surface area contributed by atoms with E-state index in [9.17, 15) is 0 Å². The van der Waals surface area contributed by atoms with Crippen LogP contribution in [0.5, 0.6) is 0 Å². The van der Waals surface area contributed by atoms with Crippen LogP contribution in [0.1, 0.15) is 27.2 Å². The van der Waals surface area contributed by atoms with Gasteiger partial charge < -0.3 is 10.2 Å². The summed E-state index contributed by atoms with van der Waals surface area (Å²) in [5.74, 6) is 2.58. The Labute approximate surface area is 92.8 Å². The van der Waals surface area contributed by atoms with Crippen LogP contribution in [0.2, 0.25) is 0 Å². The number of nitrogens with zero attached hydrogens (tertiary/aromatic N) is 1. The average Bonchev–Trinajstić information content (AvgIpc) is 2.11. The minimum atomic E-state index is 0.316. The van der Waals surface area contributed by atoms with Crippen molar-refractivity contribution in [3.8, 4) is 0 Å². The molecule has 0 amide bonds. The van der Waals surface area contributed by atoms with Gasteiger partial charge in [0, 0.05) is 25.2 Å². The maximum absolute atomic E-state index is 3.54. The third-order valence-corrected chi connectivity index (χ3v) is 3.60. The van der Waals surface area contributed by atoms with E-state index in [2.05, 4.69) is 42.7 Å². The fourth-order valence-corrected chi connectivity index (χ4v) is 2.59. The lowest BCUT2D eigenvalue weighted by Crippen LogP contribution is -2.57. The quantitative estimate of drug-likeness (QED) is 0.706. The Bertz CT molecular complexity index is 159. The number of hydrogen-bond donors (Lipinski definition) is 1. The summed E-state index contributed by atoms with van der Waals surface area (Å²) in [7, 11) is 0. The molecule has 0 aliphatic carbocycles. The third kappa shape index (κ3) is 4.67. The summed E-state index contributed by atoms with van der Waals surface area (Å²) < 4.78 is 0. The first kappa shape index (κ1) is 12.3. The monoisotopic (exact) mass is 216 g/mol. The van der Waals surface area contributed by atoms with Crippen molar-refractivity contribution in [2.24, 2.45) is 0 Å².